The van der Waals surface area contributed by atoms with Crippen LogP contribution in [0.3, 0.4) is 0 Å². The first-order chi connectivity index (χ1) is 7.52. The third-order valence-corrected chi connectivity index (χ3v) is 2.70. The molecule has 1 heterocycles. The number of hydrogen-bond donors (Lipinski definition) is 1. The maximum atomic E-state index is 10.6. The molecule has 4 nitrogen and oxygen atoms in total. The molecule has 1 N–H and O–H groups in total. The predicted molar refractivity (Wildman–Crippen MR) is 61.2 cm³/mol. The lowest BCUT2D eigenvalue weighted by molar-refractivity contribution is -0.137. The van der Waals surface area contributed by atoms with Gasteiger partial charge in [-0.05, 0) is 32.9 Å². The van der Waals surface area contributed by atoms with Crippen LogP contribution < -0.4 is 0 Å². The van der Waals surface area contributed by atoms with Crippen molar-refractivity contribution in [2.75, 3.05) is 6.54 Å². The van der Waals surface area contributed by atoms with Crippen molar-refractivity contribution in [1.29, 1.82) is 0 Å². The van der Waals surface area contributed by atoms with E-state index in [1.54, 1.807) is 6.26 Å². The molecule has 4 heteroatoms. The summed E-state index contributed by atoms with van der Waals surface area (Å²) >= 11 is 0. The number of furan rings is 1. The second-order valence-corrected chi connectivity index (χ2v) is 4.17. The van der Waals surface area contributed by atoms with Crippen molar-refractivity contribution in [3.8, 4) is 0 Å². The molecule has 0 aromatic carbocycles. The molecule has 0 aliphatic heterocycles. The van der Waals surface area contributed by atoms with Crippen LogP contribution in [0.1, 0.15) is 39.0 Å². The van der Waals surface area contributed by atoms with Crippen LogP contribution in [0.2, 0.25) is 0 Å². The molecule has 0 amide bonds. The van der Waals surface area contributed by atoms with Crippen molar-refractivity contribution >= 4 is 5.97 Å². The van der Waals surface area contributed by atoms with Crippen molar-refractivity contribution in [2.24, 2.45) is 0 Å². The third-order valence-electron chi connectivity index (χ3n) is 2.70. The van der Waals surface area contributed by atoms with Gasteiger partial charge in [0.05, 0.1) is 18.7 Å². The molecule has 0 saturated heterocycles. The highest BCUT2D eigenvalue weighted by atomic mass is 16.4. The maximum absolute atomic E-state index is 10.6. The first-order valence-electron chi connectivity index (χ1n) is 5.53. The molecule has 0 aliphatic carbocycles. The largest absolute Gasteiger partial charge is 0.481 e. The summed E-state index contributed by atoms with van der Waals surface area (Å²) < 4.78 is 5.34. The van der Waals surface area contributed by atoms with Gasteiger partial charge < -0.3 is 9.52 Å². The van der Waals surface area contributed by atoms with Gasteiger partial charge in [-0.15, -0.1) is 0 Å². The van der Waals surface area contributed by atoms with Gasteiger partial charge in [0.15, 0.2) is 0 Å². The van der Waals surface area contributed by atoms with E-state index in [-0.39, 0.29) is 12.5 Å². The summed E-state index contributed by atoms with van der Waals surface area (Å²) in [6.07, 6.45) is 1.80. The molecular weight excluding hydrogens is 206 g/mol. The fourth-order valence-corrected chi connectivity index (χ4v) is 1.82. The average molecular weight is 225 g/mol. The van der Waals surface area contributed by atoms with Crippen LogP contribution in [0.15, 0.2) is 22.8 Å². The highest BCUT2D eigenvalue weighted by Crippen LogP contribution is 2.22. The van der Waals surface area contributed by atoms with E-state index in [1.807, 2.05) is 19.1 Å². The SMILES string of the molecule is CC(C)N(CCC(=O)O)C(C)c1ccco1. The van der Waals surface area contributed by atoms with E-state index in [2.05, 4.69) is 18.7 Å². The van der Waals surface area contributed by atoms with E-state index in [9.17, 15) is 4.79 Å². The minimum atomic E-state index is -0.766. The third kappa shape index (κ3) is 3.38. The van der Waals surface area contributed by atoms with Crippen LogP contribution >= 0.6 is 0 Å². The van der Waals surface area contributed by atoms with Crippen LogP contribution in [0.5, 0.6) is 0 Å². The normalized spacial score (nSPS) is 13.3. The van der Waals surface area contributed by atoms with E-state index in [0.29, 0.717) is 12.6 Å². The zero-order valence-electron chi connectivity index (χ0n) is 10.0. The molecule has 90 valence electrons. The Hall–Kier alpha value is -1.29. The number of aliphatic carboxylic acids is 1. The molecule has 0 spiro atoms. The van der Waals surface area contributed by atoms with Crippen LogP contribution in [0.4, 0.5) is 0 Å². The summed E-state index contributed by atoms with van der Waals surface area (Å²) in [5.74, 6) is 0.108. The molecule has 0 aliphatic rings. The Morgan fingerprint density at radius 2 is 2.19 bits per heavy atom. The molecule has 1 atom stereocenters. The Kier molecular flexibility index (Phi) is 4.55. The molecule has 1 unspecified atom stereocenters. The van der Waals surface area contributed by atoms with Crippen LogP contribution in [-0.4, -0.2) is 28.6 Å². The first-order valence-corrected chi connectivity index (χ1v) is 5.53. The zero-order valence-corrected chi connectivity index (χ0v) is 10.0. The zero-order chi connectivity index (χ0) is 12.1. The molecule has 0 radical (unpaired) electrons. The lowest BCUT2D eigenvalue weighted by atomic mass is 10.1. The number of nitrogens with zero attached hydrogens (tertiary/aromatic N) is 1. The van der Waals surface area contributed by atoms with Crippen molar-refractivity contribution < 1.29 is 14.3 Å². The van der Waals surface area contributed by atoms with Crippen LogP contribution in [-0.2, 0) is 4.79 Å². The van der Waals surface area contributed by atoms with Crippen molar-refractivity contribution in [2.45, 2.75) is 39.3 Å². The summed E-state index contributed by atoms with van der Waals surface area (Å²) in [5.41, 5.74) is 0. The Morgan fingerprint density at radius 1 is 1.50 bits per heavy atom. The number of hydrogen-bond acceptors (Lipinski definition) is 3. The molecule has 16 heavy (non-hydrogen) atoms. The quantitative estimate of drug-likeness (QED) is 0.808. The van der Waals surface area contributed by atoms with E-state index < -0.39 is 5.97 Å². The lowest BCUT2D eigenvalue weighted by Gasteiger charge is -2.30. The van der Waals surface area contributed by atoms with Crippen molar-refractivity contribution in [1.82, 2.24) is 4.90 Å². The van der Waals surface area contributed by atoms with Crippen LogP contribution in [0.25, 0.3) is 0 Å². The summed E-state index contributed by atoms with van der Waals surface area (Å²) in [5, 5.41) is 8.71. The van der Waals surface area contributed by atoms with Gasteiger partial charge in [0, 0.05) is 12.6 Å². The summed E-state index contributed by atoms with van der Waals surface area (Å²) in [7, 11) is 0. The number of rotatable bonds is 6. The molecule has 1 aromatic heterocycles. The summed E-state index contributed by atoms with van der Waals surface area (Å²) in [4.78, 5) is 12.7. The topological polar surface area (TPSA) is 53.7 Å². The van der Waals surface area contributed by atoms with Gasteiger partial charge in [0.25, 0.3) is 0 Å². The number of carboxylic acids is 1. The standard InChI is InChI=1S/C12H19NO3/c1-9(2)13(7-6-12(14)15)10(3)11-5-4-8-16-11/h4-5,8-10H,6-7H2,1-3H3,(H,14,15). The highest BCUT2D eigenvalue weighted by Gasteiger charge is 2.21. The fraction of sp³-hybridized carbons (Fsp3) is 0.583. The van der Waals surface area contributed by atoms with Gasteiger partial charge in [-0.1, -0.05) is 0 Å². The van der Waals surface area contributed by atoms with Gasteiger partial charge in [-0.2, -0.15) is 0 Å². The summed E-state index contributed by atoms with van der Waals surface area (Å²) in [6, 6.07) is 4.16. The second-order valence-electron chi connectivity index (χ2n) is 4.17. The average Bonchev–Trinajstić information content (AvgIpc) is 2.69. The minimum absolute atomic E-state index is 0.106. The maximum Gasteiger partial charge on any atom is 0.304 e. The Bertz CT molecular complexity index is 319. The highest BCUT2D eigenvalue weighted by molar-refractivity contribution is 5.66. The minimum Gasteiger partial charge on any atom is -0.481 e. The predicted octanol–water partition coefficient (Wildman–Crippen LogP) is 2.53. The smallest absolute Gasteiger partial charge is 0.304 e. The molecule has 0 bridgehead atoms. The van der Waals surface area contributed by atoms with Crippen molar-refractivity contribution in [3.05, 3.63) is 24.2 Å². The number of carbonyl (C=O) groups is 1. The van der Waals surface area contributed by atoms with Gasteiger partial charge in [-0.25, -0.2) is 0 Å². The van der Waals surface area contributed by atoms with Gasteiger partial charge in [0.2, 0.25) is 0 Å². The van der Waals surface area contributed by atoms with Gasteiger partial charge in [-0.3, -0.25) is 9.69 Å². The molecule has 0 saturated carbocycles. The second kappa shape index (κ2) is 5.70. The Balaban J connectivity index is 2.66. The Labute approximate surface area is 95.9 Å². The van der Waals surface area contributed by atoms with Crippen molar-refractivity contribution in [3.63, 3.8) is 0 Å². The van der Waals surface area contributed by atoms with E-state index in [4.69, 9.17) is 9.52 Å². The van der Waals surface area contributed by atoms with Gasteiger partial charge >= 0.3 is 5.97 Å². The molecule has 0 fully saturated rings. The molecular formula is C12H19NO3. The first kappa shape index (κ1) is 12.8. The number of carboxylic acid groups (broad SMARTS) is 1. The lowest BCUT2D eigenvalue weighted by Crippen LogP contribution is -2.35. The monoisotopic (exact) mass is 225 g/mol. The van der Waals surface area contributed by atoms with E-state index >= 15 is 0 Å². The summed E-state index contributed by atoms with van der Waals surface area (Å²) in [6.45, 7) is 6.68. The molecule has 1 aromatic rings. The van der Waals surface area contributed by atoms with E-state index in [0.717, 1.165) is 5.76 Å². The Morgan fingerprint density at radius 3 is 2.62 bits per heavy atom. The van der Waals surface area contributed by atoms with Gasteiger partial charge in [0.1, 0.15) is 5.76 Å². The fourth-order valence-electron chi connectivity index (χ4n) is 1.82. The van der Waals surface area contributed by atoms with Crippen LogP contribution in [0, 0.1) is 0 Å². The van der Waals surface area contributed by atoms with E-state index in [1.165, 1.54) is 0 Å². The molecule has 1 rings (SSSR count).